The third-order valence-electron chi connectivity index (χ3n) is 1.01. The molecule has 0 unspecified atom stereocenters. The van der Waals surface area contributed by atoms with E-state index in [9.17, 15) is 4.79 Å². The van der Waals surface area contributed by atoms with E-state index in [0.29, 0.717) is 5.70 Å². The Morgan fingerprint density at radius 2 is 2.88 bits per heavy atom. The normalized spacial score (nSPS) is 27.4. The molecule has 0 saturated heterocycles. The number of hydrogen-bond donors (Lipinski definition) is 1. The lowest BCUT2D eigenvalue weighted by Crippen LogP contribution is -2.12. The van der Waals surface area contributed by atoms with Crippen LogP contribution in [0.15, 0.2) is 11.8 Å². The van der Waals surface area contributed by atoms with E-state index < -0.39 is 6.50 Å². The van der Waals surface area contributed by atoms with Crippen LogP contribution in [0.25, 0.3) is 0 Å². The second-order valence-electron chi connectivity index (χ2n) is 1.68. The molecule has 0 radical (unpaired) electrons. The van der Waals surface area contributed by atoms with Gasteiger partial charge in [0.2, 0.25) is 0 Å². The van der Waals surface area contributed by atoms with Crippen molar-refractivity contribution >= 4 is 5.78 Å². The van der Waals surface area contributed by atoms with E-state index in [0.717, 1.165) is 0 Å². The van der Waals surface area contributed by atoms with E-state index in [-0.39, 0.29) is 12.2 Å². The zero-order valence-electron chi connectivity index (χ0n) is 6.69. The third kappa shape index (κ3) is 0.886. The SMILES string of the molecule is [2H]C1([2H])CC=C(C(C)=O)N1. The molecular formula is C6H9NO. The minimum Gasteiger partial charge on any atom is -0.382 e. The standard InChI is InChI=1S/C6H9NO/c1-5(8)6-3-2-4-7-6/h3,7H,2,4H2,1H3/i4D2. The second kappa shape index (κ2) is 1.99. The van der Waals surface area contributed by atoms with Crippen LogP contribution in [0.1, 0.15) is 16.1 Å². The first-order valence-electron chi connectivity index (χ1n) is 3.50. The maximum absolute atomic E-state index is 10.6. The quantitative estimate of drug-likeness (QED) is 0.535. The van der Waals surface area contributed by atoms with E-state index in [1.165, 1.54) is 6.92 Å². The predicted octanol–water partition coefficient (Wildman–Crippen LogP) is 0.453. The zero-order valence-corrected chi connectivity index (χ0v) is 4.69. The molecular weight excluding hydrogens is 102 g/mol. The van der Waals surface area contributed by atoms with E-state index in [2.05, 4.69) is 5.32 Å². The fraction of sp³-hybridized carbons (Fsp3) is 0.500. The molecule has 0 aliphatic carbocycles. The lowest BCUT2D eigenvalue weighted by Gasteiger charge is -1.94. The average Bonchev–Trinajstić information content (AvgIpc) is 2.10. The predicted molar refractivity (Wildman–Crippen MR) is 31.4 cm³/mol. The fourth-order valence-electron chi connectivity index (χ4n) is 0.582. The van der Waals surface area contributed by atoms with E-state index in [4.69, 9.17) is 2.74 Å². The van der Waals surface area contributed by atoms with Gasteiger partial charge in [-0.2, -0.15) is 0 Å². The molecule has 0 amide bonds. The number of allylic oxidation sites excluding steroid dienone is 1. The number of Topliss-reactive ketones (excluding diaryl/α,β-unsaturated/α-hetero) is 1. The Bertz CT molecular complexity index is 198. The van der Waals surface area contributed by atoms with Gasteiger partial charge in [0.25, 0.3) is 0 Å². The summed E-state index contributed by atoms with van der Waals surface area (Å²) in [6.07, 6.45) is 1.87. The summed E-state index contributed by atoms with van der Waals surface area (Å²) in [7, 11) is 0. The number of carbonyl (C=O) groups excluding carboxylic acids is 1. The Morgan fingerprint density at radius 3 is 3.12 bits per heavy atom. The van der Waals surface area contributed by atoms with Gasteiger partial charge in [-0.3, -0.25) is 4.79 Å². The molecule has 0 atom stereocenters. The van der Waals surface area contributed by atoms with Gasteiger partial charge in [0.15, 0.2) is 5.78 Å². The van der Waals surface area contributed by atoms with Gasteiger partial charge in [0, 0.05) is 16.2 Å². The number of ketones is 1. The van der Waals surface area contributed by atoms with Crippen molar-refractivity contribution in [1.82, 2.24) is 5.32 Å². The molecule has 1 heterocycles. The van der Waals surface area contributed by atoms with Crippen LogP contribution in [0.5, 0.6) is 0 Å². The molecule has 1 aliphatic heterocycles. The molecule has 0 fully saturated rings. The van der Waals surface area contributed by atoms with Crippen LogP contribution < -0.4 is 5.32 Å². The Morgan fingerprint density at radius 1 is 2.12 bits per heavy atom. The van der Waals surface area contributed by atoms with Crippen molar-refractivity contribution in [2.24, 2.45) is 0 Å². The van der Waals surface area contributed by atoms with Gasteiger partial charge < -0.3 is 5.32 Å². The summed E-state index contributed by atoms with van der Waals surface area (Å²) in [5.41, 5.74) is 0.394. The van der Waals surface area contributed by atoms with Crippen LogP contribution in [0.2, 0.25) is 0 Å². The van der Waals surface area contributed by atoms with Gasteiger partial charge in [0.1, 0.15) is 0 Å². The Hall–Kier alpha value is -0.790. The molecule has 2 nitrogen and oxygen atoms in total. The molecule has 44 valence electrons. The van der Waals surface area contributed by atoms with Crippen molar-refractivity contribution in [1.29, 1.82) is 0 Å². The number of carbonyl (C=O) groups is 1. The molecule has 1 aliphatic rings. The molecule has 0 spiro atoms. The minimum atomic E-state index is -1.42. The first-order valence-corrected chi connectivity index (χ1v) is 2.50. The minimum absolute atomic E-state index is 0.110. The van der Waals surface area contributed by atoms with Gasteiger partial charge >= 0.3 is 0 Å². The summed E-state index contributed by atoms with van der Waals surface area (Å²) in [4.78, 5) is 10.6. The van der Waals surface area contributed by atoms with E-state index >= 15 is 0 Å². The Kier molecular flexibility index (Phi) is 0.814. The van der Waals surface area contributed by atoms with Crippen molar-refractivity contribution in [3.63, 3.8) is 0 Å². The van der Waals surface area contributed by atoms with Gasteiger partial charge in [-0.05, 0) is 6.42 Å². The first-order chi connectivity index (χ1) is 4.51. The maximum atomic E-state index is 10.6. The zero-order chi connectivity index (χ0) is 7.78. The number of nitrogens with one attached hydrogen (secondary N) is 1. The summed E-state index contributed by atoms with van der Waals surface area (Å²) in [5.74, 6) is -0.110. The van der Waals surface area contributed by atoms with Crippen LogP contribution in [-0.2, 0) is 4.79 Å². The van der Waals surface area contributed by atoms with Crippen LogP contribution >= 0.6 is 0 Å². The third-order valence-corrected chi connectivity index (χ3v) is 1.01. The molecule has 1 rings (SSSR count). The van der Waals surface area contributed by atoms with Gasteiger partial charge in [-0.1, -0.05) is 6.08 Å². The van der Waals surface area contributed by atoms with Crippen molar-refractivity contribution in [2.45, 2.75) is 13.3 Å². The highest BCUT2D eigenvalue weighted by Gasteiger charge is 2.05. The topological polar surface area (TPSA) is 29.1 Å². The number of hydrogen-bond acceptors (Lipinski definition) is 2. The summed E-state index contributed by atoms with van der Waals surface area (Å²) < 4.78 is 14.3. The average molecular weight is 113 g/mol. The highest BCUT2D eigenvalue weighted by atomic mass is 16.1. The van der Waals surface area contributed by atoms with Crippen LogP contribution in [0.3, 0.4) is 0 Å². The van der Waals surface area contributed by atoms with Crippen molar-refractivity contribution in [3.05, 3.63) is 11.8 Å². The smallest absolute Gasteiger partial charge is 0.175 e. The molecule has 0 aromatic carbocycles. The van der Waals surface area contributed by atoms with E-state index in [1.807, 2.05) is 0 Å². The molecule has 0 saturated carbocycles. The summed E-state index contributed by atoms with van der Waals surface area (Å²) in [6.45, 7) is 0.00123. The monoisotopic (exact) mass is 113 g/mol. The highest BCUT2D eigenvalue weighted by Crippen LogP contribution is 2.00. The largest absolute Gasteiger partial charge is 0.382 e. The van der Waals surface area contributed by atoms with Crippen molar-refractivity contribution in [2.75, 3.05) is 6.50 Å². The maximum Gasteiger partial charge on any atom is 0.175 e. The fourth-order valence-corrected chi connectivity index (χ4v) is 0.582. The molecule has 1 N–H and O–H groups in total. The Balaban J connectivity index is 2.64. The van der Waals surface area contributed by atoms with Gasteiger partial charge in [0.05, 0.1) is 5.70 Å². The molecule has 0 bridgehead atoms. The first kappa shape index (κ1) is 3.28. The van der Waals surface area contributed by atoms with Crippen molar-refractivity contribution < 1.29 is 7.54 Å². The summed E-state index contributed by atoms with van der Waals surface area (Å²) in [5, 5.41) is 2.47. The Labute approximate surface area is 51.4 Å². The van der Waals surface area contributed by atoms with Crippen LogP contribution in [0.4, 0.5) is 0 Å². The lowest BCUT2D eigenvalue weighted by molar-refractivity contribution is -0.113. The highest BCUT2D eigenvalue weighted by molar-refractivity contribution is 5.92. The van der Waals surface area contributed by atoms with Crippen LogP contribution in [0, 0.1) is 0 Å². The van der Waals surface area contributed by atoms with E-state index in [1.54, 1.807) is 6.08 Å². The molecule has 2 heteroatoms. The van der Waals surface area contributed by atoms with Gasteiger partial charge in [-0.15, -0.1) is 0 Å². The van der Waals surface area contributed by atoms with Crippen LogP contribution in [-0.4, -0.2) is 12.3 Å². The molecule has 0 aromatic rings. The number of rotatable bonds is 1. The van der Waals surface area contributed by atoms with Gasteiger partial charge in [-0.25, -0.2) is 0 Å². The van der Waals surface area contributed by atoms with Crippen molar-refractivity contribution in [3.8, 4) is 0 Å². The lowest BCUT2D eigenvalue weighted by atomic mass is 10.3. The second-order valence-corrected chi connectivity index (χ2v) is 1.68. The summed E-state index contributed by atoms with van der Waals surface area (Å²) >= 11 is 0. The molecule has 8 heavy (non-hydrogen) atoms. The molecule has 0 aromatic heterocycles. The summed E-state index contributed by atoms with van der Waals surface area (Å²) in [6, 6.07) is 0.